The third-order valence-corrected chi connectivity index (χ3v) is 3.62. The molecule has 0 fully saturated rings. The van der Waals surface area contributed by atoms with Crippen LogP contribution in [0.15, 0.2) is 39.3 Å². The van der Waals surface area contributed by atoms with Gasteiger partial charge < -0.3 is 9.84 Å². The lowest BCUT2D eigenvalue weighted by Gasteiger charge is -2.12. The Bertz CT molecular complexity index is 974. The Kier molecular flexibility index (Phi) is 5.77. The molecule has 0 spiro atoms. The van der Waals surface area contributed by atoms with Crippen molar-refractivity contribution in [1.82, 2.24) is 4.57 Å². The van der Waals surface area contributed by atoms with E-state index in [2.05, 4.69) is 10.2 Å². The highest BCUT2D eigenvalue weighted by Gasteiger charge is 2.19. The van der Waals surface area contributed by atoms with Gasteiger partial charge in [-0.25, -0.2) is 0 Å². The van der Waals surface area contributed by atoms with Crippen LogP contribution in [0.4, 0.5) is 17.1 Å². The van der Waals surface area contributed by atoms with Gasteiger partial charge >= 0.3 is 0 Å². The molecule has 0 radical (unpaired) electrons. The highest BCUT2D eigenvalue weighted by atomic mass is 16.6. The fraction of sp³-hybridized carbons (Fsp3) is 0.250. The van der Waals surface area contributed by atoms with Gasteiger partial charge in [0.1, 0.15) is 11.6 Å². The summed E-state index contributed by atoms with van der Waals surface area (Å²) in [5.41, 5.74) is -1.17. The van der Waals surface area contributed by atoms with Crippen LogP contribution >= 0.6 is 0 Å². The summed E-state index contributed by atoms with van der Waals surface area (Å²) >= 11 is 0. The lowest BCUT2D eigenvalue weighted by Crippen LogP contribution is -2.23. The van der Waals surface area contributed by atoms with Gasteiger partial charge in [0, 0.05) is 18.7 Å². The van der Waals surface area contributed by atoms with Crippen molar-refractivity contribution in [3.8, 4) is 11.9 Å². The summed E-state index contributed by atoms with van der Waals surface area (Å²) in [6.07, 6.45) is 0. The van der Waals surface area contributed by atoms with Crippen LogP contribution in [0.2, 0.25) is 0 Å². The number of nitrogens with zero attached hydrogens (tertiary/aromatic N) is 5. The number of ether oxygens (including phenoxy) is 1. The Morgan fingerprint density at radius 1 is 1.38 bits per heavy atom. The van der Waals surface area contributed by atoms with Crippen molar-refractivity contribution < 1.29 is 14.8 Å². The fourth-order valence-corrected chi connectivity index (χ4v) is 2.25. The largest absolute Gasteiger partial charge is 0.493 e. The Balaban J connectivity index is 2.62. The molecule has 0 amide bonds. The van der Waals surface area contributed by atoms with Crippen LogP contribution in [-0.2, 0) is 11.3 Å². The van der Waals surface area contributed by atoms with Crippen LogP contribution < -0.4 is 5.56 Å². The van der Waals surface area contributed by atoms with E-state index in [1.54, 1.807) is 6.07 Å². The lowest BCUT2D eigenvalue weighted by molar-refractivity contribution is -0.384. The van der Waals surface area contributed by atoms with E-state index in [1.807, 2.05) is 6.07 Å². The number of para-hydroxylation sites is 1. The van der Waals surface area contributed by atoms with E-state index in [-0.39, 0.29) is 41.3 Å². The molecule has 0 aliphatic carbocycles. The maximum atomic E-state index is 12.6. The van der Waals surface area contributed by atoms with Gasteiger partial charge in [-0.3, -0.25) is 19.5 Å². The Labute approximate surface area is 147 Å². The van der Waals surface area contributed by atoms with Crippen molar-refractivity contribution >= 4 is 17.1 Å². The predicted octanol–water partition coefficient (Wildman–Crippen LogP) is 2.70. The zero-order chi connectivity index (χ0) is 19.3. The number of nitriles is 1. The fourth-order valence-electron chi connectivity index (χ4n) is 2.25. The van der Waals surface area contributed by atoms with Crippen LogP contribution in [-0.4, -0.2) is 28.3 Å². The van der Waals surface area contributed by atoms with Gasteiger partial charge in [0.2, 0.25) is 5.88 Å². The first-order valence-corrected chi connectivity index (χ1v) is 7.43. The predicted molar refractivity (Wildman–Crippen MR) is 91.0 cm³/mol. The average molecular weight is 357 g/mol. The number of hydrogen-bond acceptors (Lipinski definition) is 8. The van der Waals surface area contributed by atoms with Crippen LogP contribution in [0.3, 0.4) is 0 Å². The maximum absolute atomic E-state index is 12.6. The molecule has 2 rings (SSSR count). The molecule has 0 saturated carbocycles. The van der Waals surface area contributed by atoms with Gasteiger partial charge in [0.25, 0.3) is 11.2 Å². The molecule has 0 bridgehead atoms. The SMILES string of the molecule is COCCn1c(O)c(C#N)c(C)c(N=Nc2ccccc2[N+](=O)[O-])c1=O. The zero-order valence-electron chi connectivity index (χ0n) is 14.0. The number of nitro groups is 1. The summed E-state index contributed by atoms with van der Waals surface area (Å²) in [5, 5.41) is 38.0. The van der Waals surface area contributed by atoms with Crippen molar-refractivity contribution in [2.45, 2.75) is 13.5 Å². The summed E-state index contributed by atoms with van der Waals surface area (Å²) in [7, 11) is 1.43. The number of aromatic nitrogens is 1. The van der Waals surface area contributed by atoms with E-state index in [4.69, 9.17) is 4.74 Å². The van der Waals surface area contributed by atoms with Gasteiger partial charge in [-0.2, -0.15) is 5.26 Å². The van der Waals surface area contributed by atoms with Gasteiger partial charge in [-0.15, -0.1) is 10.2 Å². The van der Waals surface area contributed by atoms with E-state index >= 15 is 0 Å². The van der Waals surface area contributed by atoms with E-state index in [9.17, 15) is 25.3 Å². The Morgan fingerprint density at radius 3 is 2.69 bits per heavy atom. The highest BCUT2D eigenvalue weighted by Crippen LogP contribution is 2.30. The molecule has 26 heavy (non-hydrogen) atoms. The van der Waals surface area contributed by atoms with Crippen molar-refractivity contribution in [1.29, 1.82) is 5.26 Å². The second-order valence-electron chi connectivity index (χ2n) is 5.18. The molecule has 10 heteroatoms. The van der Waals surface area contributed by atoms with E-state index < -0.39 is 16.4 Å². The summed E-state index contributed by atoms with van der Waals surface area (Å²) in [6.45, 7) is 1.57. The van der Waals surface area contributed by atoms with Crippen LogP contribution in [0.5, 0.6) is 5.88 Å². The molecule has 134 valence electrons. The summed E-state index contributed by atoms with van der Waals surface area (Å²) in [5.74, 6) is -0.489. The third kappa shape index (κ3) is 3.57. The molecule has 1 aromatic carbocycles. The molecular formula is C16H15N5O5. The molecule has 0 aliphatic heterocycles. The van der Waals surface area contributed by atoms with Crippen LogP contribution in [0.25, 0.3) is 0 Å². The molecule has 1 aromatic heterocycles. The number of benzene rings is 1. The topological polar surface area (TPSA) is 143 Å². The minimum Gasteiger partial charge on any atom is -0.493 e. The smallest absolute Gasteiger partial charge is 0.296 e. The van der Waals surface area contributed by atoms with Gasteiger partial charge in [0.05, 0.1) is 18.1 Å². The maximum Gasteiger partial charge on any atom is 0.296 e. The summed E-state index contributed by atoms with van der Waals surface area (Å²) in [6, 6.07) is 7.48. The molecule has 0 aliphatic rings. The zero-order valence-corrected chi connectivity index (χ0v) is 14.0. The quantitative estimate of drug-likeness (QED) is 0.478. The first-order valence-electron chi connectivity index (χ1n) is 7.43. The number of pyridine rings is 1. The van der Waals surface area contributed by atoms with E-state index in [0.717, 1.165) is 4.57 Å². The third-order valence-electron chi connectivity index (χ3n) is 3.62. The number of rotatable bonds is 6. The monoisotopic (exact) mass is 357 g/mol. The molecule has 0 atom stereocenters. The first kappa shape index (κ1) is 18.8. The van der Waals surface area contributed by atoms with Crippen LogP contribution in [0, 0.1) is 28.4 Å². The molecule has 10 nitrogen and oxygen atoms in total. The molecule has 0 saturated heterocycles. The van der Waals surface area contributed by atoms with Gasteiger partial charge in [-0.1, -0.05) is 12.1 Å². The van der Waals surface area contributed by atoms with Crippen molar-refractivity contribution in [2.24, 2.45) is 10.2 Å². The van der Waals surface area contributed by atoms with Gasteiger partial charge in [-0.05, 0) is 13.0 Å². The standard InChI is InChI=1S/C16H15N5O5/c1-10-11(9-17)15(22)20(7-8-26-2)16(23)14(10)19-18-12-5-3-4-6-13(12)21(24)25/h3-6,22H,7-8H2,1-2H3. The van der Waals surface area contributed by atoms with E-state index in [1.165, 1.54) is 32.2 Å². The second-order valence-corrected chi connectivity index (χ2v) is 5.18. The Morgan fingerprint density at radius 2 is 2.08 bits per heavy atom. The number of azo groups is 1. The van der Waals surface area contributed by atoms with Crippen molar-refractivity contribution in [2.75, 3.05) is 13.7 Å². The molecular weight excluding hydrogens is 342 g/mol. The Hall–Kier alpha value is -3.58. The highest BCUT2D eigenvalue weighted by molar-refractivity contribution is 5.59. The van der Waals surface area contributed by atoms with Crippen molar-refractivity contribution in [3.63, 3.8) is 0 Å². The minimum absolute atomic E-state index is 0.00410. The second kappa shape index (κ2) is 8.00. The average Bonchev–Trinajstić information content (AvgIpc) is 2.62. The van der Waals surface area contributed by atoms with E-state index in [0.29, 0.717) is 0 Å². The molecule has 1 heterocycles. The molecule has 1 N–H and O–H groups in total. The van der Waals surface area contributed by atoms with Crippen LogP contribution in [0.1, 0.15) is 11.1 Å². The normalized spacial score (nSPS) is 10.8. The molecule has 2 aromatic rings. The number of aromatic hydroxyl groups is 1. The summed E-state index contributed by atoms with van der Waals surface area (Å²) < 4.78 is 5.84. The van der Waals surface area contributed by atoms with Gasteiger partial charge in [0.15, 0.2) is 11.4 Å². The molecule has 0 unspecified atom stereocenters. The number of hydrogen-bond donors (Lipinski definition) is 1. The number of nitro benzene ring substituents is 1. The first-order chi connectivity index (χ1) is 12.4. The van der Waals surface area contributed by atoms with Crippen molar-refractivity contribution in [3.05, 3.63) is 55.9 Å². The minimum atomic E-state index is -0.682. The lowest BCUT2D eigenvalue weighted by atomic mass is 10.1. The number of methoxy groups -OCH3 is 1. The summed E-state index contributed by atoms with van der Waals surface area (Å²) in [4.78, 5) is 23.0.